The van der Waals surface area contributed by atoms with E-state index in [4.69, 9.17) is 9.47 Å². The van der Waals surface area contributed by atoms with Crippen LogP contribution in [0.15, 0.2) is 29.1 Å². The highest BCUT2D eigenvalue weighted by Gasteiger charge is 2.16. The Morgan fingerprint density at radius 1 is 1.30 bits per heavy atom. The molecule has 0 aliphatic heterocycles. The van der Waals surface area contributed by atoms with E-state index in [9.17, 15) is 9.59 Å². The van der Waals surface area contributed by atoms with Crippen LogP contribution in [-0.4, -0.2) is 39.3 Å². The van der Waals surface area contributed by atoms with Gasteiger partial charge in [-0.25, -0.2) is 4.98 Å². The Morgan fingerprint density at radius 2 is 2.07 bits per heavy atom. The normalized spacial score (nSPS) is 10.8. The van der Waals surface area contributed by atoms with Gasteiger partial charge in [-0.2, -0.15) is 9.50 Å². The van der Waals surface area contributed by atoms with Crippen LogP contribution in [0.5, 0.6) is 5.75 Å². The topological polar surface area (TPSA) is 111 Å². The maximum absolute atomic E-state index is 12.7. The minimum absolute atomic E-state index is 0.128. The number of benzene rings is 1. The second-order valence-electron chi connectivity index (χ2n) is 5.84. The van der Waals surface area contributed by atoms with Gasteiger partial charge in [0.1, 0.15) is 5.75 Å². The van der Waals surface area contributed by atoms with Crippen molar-refractivity contribution >= 4 is 17.7 Å². The standard InChI is InChI=1S/C18H21N5O4/c1-4-27-15(24)9-13-11(2)20-18-21-17(22-23(18)16(13)25)19-10-12-7-5-6-8-14(12)26-3/h5-8H,4,9-10H2,1-3H3,(H2,19,20,21,22). The summed E-state index contributed by atoms with van der Waals surface area (Å²) in [6, 6.07) is 7.60. The molecule has 0 bridgehead atoms. The number of esters is 1. The van der Waals surface area contributed by atoms with E-state index in [1.165, 1.54) is 4.52 Å². The fraction of sp³-hybridized carbons (Fsp3) is 0.333. The van der Waals surface area contributed by atoms with E-state index in [1.54, 1.807) is 21.0 Å². The second kappa shape index (κ2) is 7.90. The van der Waals surface area contributed by atoms with Crippen molar-refractivity contribution in [3.63, 3.8) is 0 Å². The van der Waals surface area contributed by atoms with Gasteiger partial charge < -0.3 is 14.8 Å². The number of aryl methyl sites for hydroxylation is 1. The Hall–Kier alpha value is -3.36. The van der Waals surface area contributed by atoms with Gasteiger partial charge in [0.2, 0.25) is 5.95 Å². The lowest BCUT2D eigenvalue weighted by Crippen LogP contribution is -2.25. The Morgan fingerprint density at radius 3 is 2.81 bits per heavy atom. The van der Waals surface area contributed by atoms with Crippen LogP contribution in [0.25, 0.3) is 5.78 Å². The van der Waals surface area contributed by atoms with Crippen LogP contribution in [-0.2, 0) is 22.5 Å². The highest BCUT2D eigenvalue weighted by molar-refractivity contribution is 5.72. The summed E-state index contributed by atoms with van der Waals surface area (Å²) in [5.74, 6) is 0.906. The number of carbonyl (C=O) groups is 1. The van der Waals surface area contributed by atoms with Gasteiger partial charge in [-0.15, -0.1) is 0 Å². The lowest BCUT2D eigenvalue weighted by molar-refractivity contribution is -0.142. The summed E-state index contributed by atoms with van der Waals surface area (Å²) in [6.07, 6.45) is -0.128. The summed E-state index contributed by atoms with van der Waals surface area (Å²) in [5, 5.41) is 5.99. The molecule has 0 radical (unpaired) electrons. The highest BCUT2D eigenvalue weighted by atomic mass is 16.5. The summed E-state index contributed by atoms with van der Waals surface area (Å²) in [7, 11) is 1.61. The fourth-order valence-corrected chi connectivity index (χ4v) is 2.72. The number of rotatable bonds is 7. The van der Waals surface area contributed by atoms with Gasteiger partial charge in [0.05, 0.1) is 31.4 Å². The molecule has 9 nitrogen and oxygen atoms in total. The minimum Gasteiger partial charge on any atom is -0.496 e. The van der Waals surface area contributed by atoms with Gasteiger partial charge in [0.15, 0.2) is 0 Å². The molecule has 0 aliphatic rings. The van der Waals surface area contributed by atoms with Crippen molar-refractivity contribution < 1.29 is 14.3 Å². The first-order valence-corrected chi connectivity index (χ1v) is 8.53. The zero-order valence-corrected chi connectivity index (χ0v) is 15.4. The lowest BCUT2D eigenvalue weighted by atomic mass is 10.2. The molecule has 0 fully saturated rings. The van der Waals surface area contributed by atoms with Gasteiger partial charge in [0, 0.05) is 12.1 Å². The molecule has 142 valence electrons. The molecule has 0 spiro atoms. The predicted octanol–water partition coefficient (Wildman–Crippen LogP) is 1.45. The number of fused-ring (bicyclic) bond motifs is 1. The van der Waals surface area contributed by atoms with Crippen LogP contribution >= 0.6 is 0 Å². The second-order valence-corrected chi connectivity index (χ2v) is 5.84. The van der Waals surface area contributed by atoms with E-state index in [-0.39, 0.29) is 29.9 Å². The first-order chi connectivity index (χ1) is 13.0. The predicted molar refractivity (Wildman–Crippen MR) is 99.0 cm³/mol. The van der Waals surface area contributed by atoms with Gasteiger partial charge in [-0.05, 0) is 19.9 Å². The van der Waals surface area contributed by atoms with E-state index in [0.717, 1.165) is 11.3 Å². The zero-order valence-electron chi connectivity index (χ0n) is 15.4. The van der Waals surface area contributed by atoms with Crippen LogP contribution in [0.2, 0.25) is 0 Å². The van der Waals surface area contributed by atoms with Crippen molar-refractivity contribution in [1.82, 2.24) is 19.6 Å². The lowest BCUT2D eigenvalue weighted by Gasteiger charge is -2.08. The van der Waals surface area contributed by atoms with E-state index < -0.39 is 5.97 Å². The van der Waals surface area contributed by atoms with Crippen molar-refractivity contribution in [2.24, 2.45) is 0 Å². The molecule has 27 heavy (non-hydrogen) atoms. The number of para-hydroxylation sites is 1. The molecule has 2 heterocycles. The van der Waals surface area contributed by atoms with Gasteiger partial charge in [0.25, 0.3) is 11.3 Å². The Balaban J connectivity index is 1.86. The number of H-pyrrole nitrogens is 1. The monoisotopic (exact) mass is 371 g/mol. The quantitative estimate of drug-likeness (QED) is 0.605. The van der Waals surface area contributed by atoms with Crippen LogP contribution < -0.4 is 15.6 Å². The molecule has 0 saturated heterocycles. The van der Waals surface area contributed by atoms with Crippen LogP contribution in [0.3, 0.4) is 0 Å². The first kappa shape index (κ1) is 18.4. The average molecular weight is 371 g/mol. The number of aromatic amines is 1. The smallest absolute Gasteiger partial charge is 0.310 e. The number of hydrogen-bond donors (Lipinski definition) is 2. The summed E-state index contributed by atoms with van der Waals surface area (Å²) < 4.78 is 11.5. The molecule has 1 aromatic carbocycles. The van der Waals surface area contributed by atoms with Crippen molar-refractivity contribution in [3.05, 3.63) is 51.4 Å². The highest BCUT2D eigenvalue weighted by Crippen LogP contribution is 2.18. The molecule has 2 N–H and O–H groups in total. The number of methoxy groups -OCH3 is 1. The molecule has 3 rings (SSSR count). The van der Waals surface area contributed by atoms with E-state index in [0.29, 0.717) is 18.2 Å². The van der Waals surface area contributed by atoms with Crippen LogP contribution in [0.1, 0.15) is 23.7 Å². The number of anilines is 1. The third-order valence-corrected chi connectivity index (χ3v) is 4.06. The largest absolute Gasteiger partial charge is 0.496 e. The van der Waals surface area contributed by atoms with Crippen LogP contribution in [0.4, 0.5) is 5.95 Å². The van der Waals surface area contributed by atoms with Gasteiger partial charge in [-0.3, -0.25) is 14.7 Å². The van der Waals surface area contributed by atoms with Crippen LogP contribution in [0, 0.1) is 6.92 Å². The summed E-state index contributed by atoms with van der Waals surface area (Å²) >= 11 is 0. The first-order valence-electron chi connectivity index (χ1n) is 8.53. The maximum Gasteiger partial charge on any atom is 0.310 e. The molecule has 0 amide bonds. The molecular weight excluding hydrogens is 350 g/mol. The number of aromatic nitrogens is 4. The van der Waals surface area contributed by atoms with Crippen molar-refractivity contribution in [1.29, 1.82) is 0 Å². The van der Waals surface area contributed by atoms with Gasteiger partial charge >= 0.3 is 5.97 Å². The molecule has 0 atom stereocenters. The van der Waals surface area contributed by atoms with Crippen molar-refractivity contribution in [2.75, 3.05) is 19.0 Å². The molecule has 2 aromatic heterocycles. The number of nitrogens with zero attached hydrogens (tertiary/aromatic N) is 3. The van der Waals surface area contributed by atoms with Crippen molar-refractivity contribution in [3.8, 4) is 5.75 Å². The molecule has 0 unspecified atom stereocenters. The molecular formula is C18H21N5O4. The zero-order chi connectivity index (χ0) is 19.4. The SMILES string of the molecule is CCOC(=O)Cc1c(C)nc2nc(NCc3ccccc3OC)[nH]n2c1=O. The molecule has 3 aromatic rings. The average Bonchev–Trinajstić information content (AvgIpc) is 3.07. The number of nitrogens with one attached hydrogen (secondary N) is 2. The Kier molecular flexibility index (Phi) is 5.39. The van der Waals surface area contributed by atoms with Gasteiger partial charge in [-0.1, -0.05) is 18.2 Å². The van der Waals surface area contributed by atoms with E-state index in [1.807, 2.05) is 24.3 Å². The Labute approximate surface area is 155 Å². The number of hydrogen-bond acceptors (Lipinski definition) is 7. The minimum atomic E-state index is -0.464. The maximum atomic E-state index is 12.7. The Bertz CT molecular complexity index is 1020. The summed E-state index contributed by atoms with van der Waals surface area (Å²) in [5.41, 5.74) is 1.31. The van der Waals surface area contributed by atoms with E-state index in [2.05, 4.69) is 20.4 Å². The van der Waals surface area contributed by atoms with Crippen molar-refractivity contribution in [2.45, 2.75) is 26.8 Å². The third-order valence-electron chi connectivity index (χ3n) is 4.06. The third kappa shape index (κ3) is 3.91. The molecule has 0 saturated carbocycles. The molecule has 9 heteroatoms. The fourth-order valence-electron chi connectivity index (χ4n) is 2.72. The van der Waals surface area contributed by atoms with E-state index >= 15 is 0 Å². The number of carbonyl (C=O) groups excluding carboxylic acids is 1. The molecule has 0 aliphatic carbocycles. The summed E-state index contributed by atoms with van der Waals surface area (Å²) in [6.45, 7) is 4.10. The number of ether oxygens (including phenoxy) is 2. The summed E-state index contributed by atoms with van der Waals surface area (Å²) in [4.78, 5) is 33.0.